The first kappa shape index (κ1) is 13.3. The molecule has 2 aromatic rings. The zero-order valence-electron chi connectivity index (χ0n) is 10.8. The lowest BCUT2D eigenvalue weighted by atomic mass is 10.3. The molecule has 1 fully saturated rings. The standard InChI is InChI=1S/C13H15N3O3S/c17-9-3-4-16(6-9)7-12(18)15-13-14-10(8-20-13)11-2-1-5-19-11/h1-2,5,8-9,17H,3-4,6-7H2,(H,14,15,18). The van der Waals surface area contributed by atoms with E-state index in [2.05, 4.69) is 10.3 Å². The SMILES string of the molecule is O=C(CN1CCC(O)C1)Nc1nc(-c2ccco2)cs1. The van der Waals surface area contributed by atoms with Crippen LogP contribution >= 0.6 is 11.3 Å². The summed E-state index contributed by atoms with van der Waals surface area (Å²) in [6.07, 6.45) is 2.01. The number of amides is 1. The van der Waals surface area contributed by atoms with E-state index in [1.807, 2.05) is 16.3 Å². The van der Waals surface area contributed by atoms with Crippen LogP contribution in [0, 0.1) is 0 Å². The summed E-state index contributed by atoms with van der Waals surface area (Å²) < 4.78 is 5.25. The van der Waals surface area contributed by atoms with Crippen molar-refractivity contribution in [1.29, 1.82) is 0 Å². The number of aromatic nitrogens is 1. The van der Waals surface area contributed by atoms with E-state index in [4.69, 9.17) is 4.42 Å². The number of anilines is 1. The van der Waals surface area contributed by atoms with Gasteiger partial charge in [-0.3, -0.25) is 9.69 Å². The number of aliphatic hydroxyl groups excluding tert-OH is 1. The van der Waals surface area contributed by atoms with Gasteiger partial charge in [-0.25, -0.2) is 4.98 Å². The van der Waals surface area contributed by atoms with Crippen molar-refractivity contribution in [3.05, 3.63) is 23.8 Å². The zero-order valence-corrected chi connectivity index (χ0v) is 11.6. The largest absolute Gasteiger partial charge is 0.463 e. The molecule has 1 saturated heterocycles. The number of thiazole rings is 1. The van der Waals surface area contributed by atoms with E-state index in [0.717, 1.165) is 13.0 Å². The van der Waals surface area contributed by atoms with Crippen molar-refractivity contribution in [1.82, 2.24) is 9.88 Å². The molecule has 106 valence electrons. The van der Waals surface area contributed by atoms with Crippen LogP contribution in [0.25, 0.3) is 11.5 Å². The van der Waals surface area contributed by atoms with Crippen LogP contribution in [0.5, 0.6) is 0 Å². The Kier molecular flexibility index (Phi) is 3.81. The van der Waals surface area contributed by atoms with Crippen molar-refractivity contribution in [2.45, 2.75) is 12.5 Å². The van der Waals surface area contributed by atoms with E-state index in [-0.39, 0.29) is 18.6 Å². The van der Waals surface area contributed by atoms with Crippen molar-refractivity contribution in [2.24, 2.45) is 0 Å². The highest BCUT2D eigenvalue weighted by atomic mass is 32.1. The summed E-state index contributed by atoms with van der Waals surface area (Å²) in [6, 6.07) is 3.62. The van der Waals surface area contributed by atoms with Crippen LogP contribution in [-0.4, -0.2) is 46.6 Å². The fourth-order valence-electron chi connectivity index (χ4n) is 2.19. The molecule has 1 atom stereocenters. The fourth-order valence-corrected chi connectivity index (χ4v) is 2.90. The number of furan rings is 1. The smallest absolute Gasteiger partial charge is 0.240 e. The average molecular weight is 293 g/mol. The minimum Gasteiger partial charge on any atom is -0.463 e. The van der Waals surface area contributed by atoms with Gasteiger partial charge in [0.05, 0.1) is 18.9 Å². The van der Waals surface area contributed by atoms with Gasteiger partial charge in [0, 0.05) is 18.5 Å². The maximum absolute atomic E-state index is 11.9. The van der Waals surface area contributed by atoms with Crippen LogP contribution in [0.4, 0.5) is 5.13 Å². The molecule has 1 aliphatic rings. The highest BCUT2D eigenvalue weighted by Crippen LogP contribution is 2.25. The lowest BCUT2D eigenvalue weighted by Gasteiger charge is -2.13. The highest BCUT2D eigenvalue weighted by Gasteiger charge is 2.22. The number of aliphatic hydroxyl groups is 1. The van der Waals surface area contributed by atoms with Gasteiger partial charge in [0.2, 0.25) is 5.91 Å². The molecule has 2 aromatic heterocycles. The average Bonchev–Trinajstić information content (AvgIpc) is 3.10. The number of hydrogen-bond acceptors (Lipinski definition) is 6. The molecular weight excluding hydrogens is 278 g/mol. The van der Waals surface area contributed by atoms with Gasteiger partial charge in [-0.1, -0.05) is 0 Å². The molecular formula is C13H15N3O3S. The monoisotopic (exact) mass is 293 g/mol. The van der Waals surface area contributed by atoms with E-state index in [1.165, 1.54) is 11.3 Å². The summed E-state index contributed by atoms with van der Waals surface area (Å²) in [5, 5.41) is 14.6. The predicted octanol–water partition coefficient (Wildman–Crippen LogP) is 1.41. The van der Waals surface area contributed by atoms with Crippen molar-refractivity contribution in [2.75, 3.05) is 25.0 Å². The number of nitrogens with one attached hydrogen (secondary N) is 1. The molecule has 3 rings (SSSR count). The van der Waals surface area contributed by atoms with Gasteiger partial charge < -0.3 is 14.8 Å². The quantitative estimate of drug-likeness (QED) is 0.891. The van der Waals surface area contributed by atoms with Gasteiger partial charge in [0.25, 0.3) is 0 Å². The summed E-state index contributed by atoms with van der Waals surface area (Å²) in [7, 11) is 0. The Labute approximate surface area is 120 Å². The predicted molar refractivity (Wildman–Crippen MR) is 75.5 cm³/mol. The number of rotatable bonds is 4. The number of likely N-dealkylation sites (tertiary alicyclic amines) is 1. The summed E-state index contributed by atoms with van der Waals surface area (Å²) in [4.78, 5) is 18.1. The highest BCUT2D eigenvalue weighted by molar-refractivity contribution is 7.14. The van der Waals surface area contributed by atoms with Crippen molar-refractivity contribution < 1.29 is 14.3 Å². The van der Waals surface area contributed by atoms with E-state index in [1.54, 1.807) is 12.3 Å². The molecule has 0 bridgehead atoms. The maximum Gasteiger partial charge on any atom is 0.240 e. The second-order valence-electron chi connectivity index (χ2n) is 4.74. The van der Waals surface area contributed by atoms with Crippen molar-refractivity contribution >= 4 is 22.4 Å². The van der Waals surface area contributed by atoms with Crippen LogP contribution in [0.2, 0.25) is 0 Å². The summed E-state index contributed by atoms with van der Waals surface area (Å²) in [6.45, 7) is 1.60. The molecule has 20 heavy (non-hydrogen) atoms. The van der Waals surface area contributed by atoms with Gasteiger partial charge >= 0.3 is 0 Å². The number of carbonyl (C=O) groups is 1. The third-order valence-electron chi connectivity index (χ3n) is 3.14. The van der Waals surface area contributed by atoms with E-state index >= 15 is 0 Å². The molecule has 3 heterocycles. The normalized spacial score (nSPS) is 19.4. The van der Waals surface area contributed by atoms with Gasteiger partial charge in [0.1, 0.15) is 5.69 Å². The summed E-state index contributed by atoms with van der Waals surface area (Å²) in [5.41, 5.74) is 0.715. The Hall–Kier alpha value is -1.70. The molecule has 0 saturated carbocycles. The van der Waals surface area contributed by atoms with E-state index in [9.17, 15) is 9.90 Å². The fraction of sp³-hybridized carbons (Fsp3) is 0.385. The maximum atomic E-state index is 11.9. The lowest BCUT2D eigenvalue weighted by Crippen LogP contribution is -2.32. The van der Waals surface area contributed by atoms with Crippen LogP contribution < -0.4 is 5.32 Å². The van der Waals surface area contributed by atoms with Gasteiger partial charge in [-0.15, -0.1) is 11.3 Å². The third kappa shape index (κ3) is 3.06. The molecule has 0 aliphatic carbocycles. The summed E-state index contributed by atoms with van der Waals surface area (Å²) >= 11 is 1.36. The topological polar surface area (TPSA) is 78.6 Å². The van der Waals surface area contributed by atoms with Gasteiger partial charge in [0.15, 0.2) is 10.9 Å². The second-order valence-corrected chi connectivity index (χ2v) is 5.60. The minimum absolute atomic E-state index is 0.112. The number of hydrogen-bond donors (Lipinski definition) is 2. The minimum atomic E-state index is -0.312. The van der Waals surface area contributed by atoms with Crippen molar-refractivity contribution in [3.63, 3.8) is 0 Å². The summed E-state index contributed by atoms with van der Waals surface area (Å²) in [5.74, 6) is 0.573. The molecule has 0 spiro atoms. The van der Waals surface area contributed by atoms with Crippen LogP contribution in [0.1, 0.15) is 6.42 Å². The Balaban J connectivity index is 1.56. The Bertz CT molecular complexity index is 581. The van der Waals surface area contributed by atoms with E-state index in [0.29, 0.717) is 23.1 Å². The second kappa shape index (κ2) is 5.74. The zero-order chi connectivity index (χ0) is 13.9. The Morgan fingerprint density at radius 1 is 1.65 bits per heavy atom. The Morgan fingerprint density at radius 3 is 3.25 bits per heavy atom. The Morgan fingerprint density at radius 2 is 2.55 bits per heavy atom. The van der Waals surface area contributed by atoms with Crippen molar-refractivity contribution in [3.8, 4) is 11.5 Å². The molecule has 0 aromatic carbocycles. The van der Waals surface area contributed by atoms with Gasteiger partial charge in [-0.05, 0) is 18.6 Å². The van der Waals surface area contributed by atoms with Crippen LogP contribution in [-0.2, 0) is 4.79 Å². The first-order chi connectivity index (χ1) is 9.70. The number of β-amino-alcohol motifs (C(OH)–C–C–N with tert-alkyl or cyclic N) is 1. The molecule has 1 unspecified atom stereocenters. The third-order valence-corrected chi connectivity index (χ3v) is 3.90. The molecule has 6 nitrogen and oxygen atoms in total. The first-order valence-electron chi connectivity index (χ1n) is 6.40. The lowest BCUT2D eigenvalue weighted by molar-refractivity contribution is -0.117. The molecule has 1 amide bonds. The molecule has 0 radical (unpaired) electrons. The number of carbonyl (C=O) groups excluding carboxylic acids is 1. The van der Waals surface area contributed by atoms with E-state index < -0.39 is 0 Å². The molecule has 1 aliphatic heterocycles. The van der Waals surface area contributed by atoms with Crippen LogP contribution in [0.3, 0.4) is 0 Å². The first-order valence-corrected chi connectivity index (χ1v) is 7.28. The molecule has 7 heteroatoms. The molecule has 2 N–H and O–H groups in total. The number of nitrogens with zero attached hydrogens (tertiary/aromatic N) is 2. The van der Waals surface area contributed by atoms with Gasteiger partial charge in [-0.2, -0.15) is 0 Å². The van der Waals surface area contributed by atoms with Crippen LogP contribution in [0.15, 0.2) is 28.2 Å².